The third kappa shape index (κ3) is 5.40. The molecule has 0 aromatic heterocycles. The molecule has 3 nitrogen and oxygen atoms in total. The van der Waals surface area contributed by atoms with E-state index in [4.69, 9.17) is 5.73 Å². The number of nitrogens with two attached hydrogens (primary N) is 1. The van der Waals surface area contributed by atoms with Crippen molar-refractivity contribution in [3.05, 3.63) is 24.0 Å². The fraction of sp³-hybridized carbons (Fsp3) is 0.462. The number of nitrogens with one attached hydrogen (secondary N) is 1. The average Bonchev–Trinajstić information content (AvgIpc) is 2.28. The number of amides is 1. The Hall–Kier alpha value is -1.23. The van der Waals surface area contributed by atoms with Crippen LogP contribution in [0.15, 0.2) is 18.2 Å². The first kappa shape index (κ1) is 14.8. The SMILES string of the molecule is CC(C)CCSCC(=O)Nc1ccc(F)cc1N. The monoisotopic (exact) mass is 270 g/mol. The van der Waals surface area contributed by atoms with E-state index in [2.05, 4.69) is 19.2 Å². The molecule has 100 valence electrons. The molecule has 0 bridgehead atoms. The summed E-state index contributed by atoms with van der Waals surface area (Å²) in [4.78, 5) is 11.6. The van der Waals surface area contributed by atoms with E-state index in [9.17, 15) is 9.18 Å². The highest BCUT2D eigenvalue weighted by atomic mass is 32.2. The van der Waals surface area contributed by atoms with Crippen molar-refractivity contribution >= 4 is 29.0 Å². The van der Waals surface area contributed by atoms with E-state index < -0.39 is 5.82 Å². The Morgan fingerprint density at radius 1 is 1.50 bits per heavy atom. The van der Waals surface area contributed by atoms with E-state index >= 15 is 0 Å². The van der Waals surface area contributed by atoms with Crippen LogP contribution < -0.4 is 11.1 Å². The molecule has 1 aromatic carbocycles. The molecule has 0 aliphatic heterocycles. The van der Waals surface area contributed by atoms with Crippen LogP contribution >= 0.6 is 11.8 Å². The lowest BCUT2D eigenvalue weighted by molar-refractivity contribution is -0.113. The van der Waals surface area contributed by atoms with Crippen molar-refractivity contribution in [2.45, 2.75) is 20.3 Å². The molecular weight excluding hydrogens is 251 g/mol. The van der Waals surface area contributed by atoms with E-state index in [0.717, 1.165) is 12.2 Å². The zero-order chi connectivity index (χ0) is 13.5. The van der Waals surface area contributed by atoms with Gasteiger partial charge in [-0.15, -0.1) is 0 Å². The molecular formula is C13H19FN2OS. The van der Waals surface area contributed by atoms with Gasteiger partial charge in [-0.3, -0.25) is 4.79 Å². The number of hydrogen-bond acceptors (Lipinski definition) is 3. The zero-order valence-corrected chi connectivity index (χ0v) is 11.5. The number of nitrogen functional groups attached to an aromatic ring is 1. The minimum absolute atomic E-state index is 0.109. The maximum Gasteiger partial charge on any atom is 0.234 e. The van der Waals surface area contributed by atoms with Gasteiger partial charge in [0.1, 0.15) is 5.82 Å². The maximum atomic E-state index is 12.8. The van der Waals surface area contributed by atoms with Crippen molar-refractivity contribution in [2.24, 2.45) is 5.92 Å². The largest absolute Gasteiger partial charge is 0.397 e. The molecule has 1 aromatic rings. The van der Waals surface area contributed by atoms with E-state index in [1.165, 1.54) is 18.2 Å². The van der Waals surface area contributed by atoms with Crippen LogP contribution in [0.3, 0.4) is 0 Å². The van der Waals surface area contributed by atoms with Crippen LogP contribution in [0.1, 0.15) is 20.3 Å². The first-order valence-corrected chi connectivity index (χ1v) is 7.07. The molecule has 0 fully saturated rings. The minimum atomic E-state index is -0.406. The number of carbonyl (C=O) groups is 1. The molecule has 18 heavy (non-hydrogen) atoms. The number of thioether (sulfide) groups is 1. The summed E-state index contributed by atoms with van der Waals surface area (Å²) in [6, 6.07) is 3.95. The highest BCUT2D eigenvalue weighted by molar-refractivity contribution is 7.99. The second-order valence-corrected chi connectivity index (χ2v) is 5.62. The first-order chi connectivity index (χ1) is 8.49. The maximum absolute atomic E-state index is 12.8. The van der Waals surface area contributed by atoms with E-state index in [-0.39, 0.29) is 11.6 Å². The van der Waals surface area contributed by atoms with Crippen LogP contribution in [0.2, 0.25) is 0 Å². The lowest BCUT2D eigenvalue weighted by atomic mass is 10.2. The van der Waals surface area contributed by atoms with Crippen molar-refractivity contribution in [3.8, 4) is 0 Å². The summed E-state index contributed by atoms with van der Waals surface area (Å²) in [5.74, 6) is 1.49. The predicted molar refractivity (Wildman–Crippen MR) is 76.2 cm³/mol. The van der Waals surface area contributed by atoms with Gasteiger partial charge in [0.25, 0.3) is 0 Å². The lowest BCUT2D eigenvalue weighted by Crippen LogP contribution is -2.15. The Morgan fingerprint density at radius 2 is 2.22 bits per heavy atom. The summed E-state index contributed by atoms with van der Waals surface area (Å²) < 4.78 is 12.8. The summed E-state index contributed by atoms with van der Waals surface area (Å²) in [7, 11) is 0. The van der Waals surface area contributed by atoms with Gasteiger partial charge < -0.3 is 11.1 Å². The Morgan fingerprint density at radius 3 is 2.83 bits per heavy atom. The lowest BCUT2D eigenvalue weighted by Gasteiger charge is -2.08. The topological polar surface area (TPSA) is 55.1 Å². The number of halogens is 1. The third-order valence-electron chi connectivity index (χ3n) is 2.36. The van der Waals surface area contributed by atoms with Crippen molar-refractivity contribution in [1.82, 2.24) is 0 Å². The van der Waals surface area contributed by atoms with E-state index in [0.29, 0.717) is 17.4 Å². The normalized spacial score (nSPS) is 10.7. The van der Waals surface area contributed by atoms with Crippen LogP contribution in [0.25, 0.3) is 0 Å². The molecule has 0 aliphatic rings. The molecule has 0 unspecified atom stereocenters. The summed E-state index contributed by atoms with van der Waals surface area (Å²) in [6.07, 6.45) is 1.09. The van der Waals surface area contributed by atoms with Crippen molar-refractivity contribution in [3.63, 3.8) is 0 Å². The van der Waals surface area contributed by atoms with Gasteiger partial charge in [-0.2, -0.15) is 11.8 Å². The number of benzene rings is 1. The molecule has 0 spiro atoms. The number of hydrogen-bond donors (Lipinski definition) is 2. The molecule has 0 saturated heterocycles. The van der Waals surface area contributed by atoms with Gasteiger partial charge in [-0.1, -0.05) is 13.8 Å². The van der Waals surface area contributed by atoms with Gasteiger partial charge in [0.05, 0.1) is 17.1 Å². The molecule has 3 N–H and O–H groups in total. The van der Waals surface area contributed by atoms with Crippen LogP contribution in [-0.2, 0) is 4.79 Å². The van der Waals surface area contributed by atoms with Crippen molar-refractivity contribution < 1.29 is 9.18 Å². The van der Waals surface area contributed by atoms with Crippen LogP contribution in [0.5, 0.6) is 0 Å². The molecule has 0 saturated carbocycles. The van der Waals surface area contributed by atoms with Crippen molar-refractivity contribution in [2.75, 3.05) is 22.6 Å². The Bertz CT molecular complexity index is 410. The summed E-state index contributed by atoms with van der Waals surface area (Å²) in [5, 5.41) is 2.67. The van der Waals surface area contributed by atoms with Crippen molar-refractivity contribution in [1.29, 1.82) is 0 Å². The van der Waals surface area contributed by atoms with Crippen LogP contribution in [0, 0.1) is 11.7 Å². The Balaban J connectivity index is 2.35. The van der Waals surface area contributed by atoms with Crippen LogP contribution in [0.4, 0.5) is 15.8 Å². The minimum Gasteiger partial charge on any atom is -0.397 e. The fourth-order valence-electron chi connectivity index (χ4n) is 1.32. The molecule has 0 atom stereocenters. The molecule has 5 heteroatoms. The Kier molecular flexibility index (Phi) is 5.98. The fourth-order valence-corrected chi connectivity index (χ4v) is 2.36. The van der Waals surface area contributed by atoms with Crippen LogP contribution in [-0.4, -0.2) is 17.4 Å². The van der Waals surface area contributed by atoms with E-state index in [1.54, 1.807) is 11.8 Å². The Labute approximate surface area is 111 Å². The molecule has 1 amide bonds. The van der Waals surface area contributed by atoms with Gasteiger partial charge in [0.2, 0.25) is 5.91 Å². The molecule has 0 aliphatic carbocycles. The summed E-state index contributed by atoms with van der Waals surface area (Å²) in [6.45, 7) is 4.31. The zero-order valence-electron chi connectivity index (χ0n) is 10.7. The summed E-state index contributed by atoms with van der Waals surface area (Å²) >= 11 is 1.59. The van der Waals surface area contributed by atoms with Gasteiger partial charge in [-0.05, 0) is 36.3 Å². The molecule has 0 radical (unpaired) electrons. The van der Waals surface area contributed by atoms with E-state index in [1.807, 2.05) is 0 Å². The van der Waals surface area contributed by atoms with Gasteiger partial charge >= 0.3 is 0 Å². The summed E-state index contributed by atoms with van der Waals surface area (Å²) in [5.41, 5.74) is 6.31. The second-order valence-electron chi connectivity index (χ2n) is 4.51. The number of rotatable bonds is 6. The third-order valence-corrected chi connectivity index (χ3v) is 3.35. The highest BCUT2D eigenvalue weighted by Gasteiger charge is 2.06. The van der Waals surface area contributed by atoms with Gasteiger partial charge in [0, 0.05) is 0 Å². The quantitative estimate of drug-likeness (QED) is 0.617. The number of carbonyl (C=O) groups excluding carboxylic acids is 1. The van der Waals surface area contributed by atoms with Gasteiger partial charge in [-0.25, -0.2) is 4.39 Å². The first-order valence-electron chi connectivity index (χ1n) is 5.91. The predicted octanol–water partition coefficient (Wildman–Crippen LogP) is 3.13. The smallest absolute Gasteiger partial charge is 0.234 e. The molecule has 0 heterocycles. The molecule has 1 rings (SSSR count). The number of anilines is 2. The van der Waals surface area contributed by atoms with Gasteiger partial charge in [0.15, 0.2) is 0 Å². The second kappa shape index (κ2) is 7.26. The highest BCUT2D eigenvalue weighted by Crippen LogP contribution is 2.19. The average molecular weight is 270 g/mol. The standard InChI is InChI=1S/C13H19FN2OS/c1-9(2)5-6-18-8-13(17)16-12-4-3-10(14)7-11(12)15/h3-4,7,9H,5-6,8,15H2,1-2H3,(H,16,17).